The van der Waals surface area contributed by atoms with Crippen LogP contribution in [0.3, 0.4) is 0 Å². The summed E-state index contributed by atoms with van der Waals surface area (Å²) in [6.07, 6.45) is -0.470. The molecule has 0 aromatic carbocycles. The molecule has 1 amide bonds. The van der Waals surface area contributed by atoms with Gasteiger partial charge in [-0.1, -0.05) is 0 Å². The Bertz CT molecular complexity index is 807. The maximum absolute atomic E-state index is 13.1. The molecule has 2 atom stereocenters. The maximum atomic E-state index is 13.1. The van der Waals surface area contributed by atoms with Gasteiger partial charge in [-0.2, -0.15) is 17.5 Å². The highest BCUT2D eigenvalue weighted by molar-refractivity contribution is 7.94. The van der Waals surface area contributed by atoms with Gasteiger partial charge >= 0.3 is 6.18 Å². The standard InChI is InChI=1S/C16H20F3N3O2S/c1-11-13(8-12(9-20-11)16(17,18)19)14(23)22-25(24)7-3-5-15(10-25)4-2-6-21-15/h8-9,21H,2-7,10H2,1H3. The van der Waals surface area contributed by atoms with Crippen molar-refractivity contribution in [3.8, 4) is 0 Å². The molecule has 9 heteroatoms. The number of nitrogens with zero attached hydrogens (tertiary/aromatic N) is 2. The molecule has 3 heterocycles. The third kappa shape index (κ3) is 3.87. The van der Waals surface area contributed by atoms with Crippen LogP contribution in [0.25, 0.3) is 0 Å². The van der Waals surface area contributed by atoms with E-state index >= 15 is 0 Å². The van der Waals surface area contributed by atoms with E-state index in [1.165, 1.54) is 6.92 Å². The van der Waals surface area contributed by atoms with E-state index in [2.05, 4.69) is 14.7 Å². The number of alkyl halides is 3. The van der Waals surface area contributed by atoms with E-state index in [-0.39, 0.29) is 22.5 Å². The van der Waals surface area contributed by atoms with Crippen LogP contribution in [-0.2, 0) is 15.9 Å². The normalized spacial score (nSPS) is 29.8. The van der Waals surface area contributed by atoms with E-state index < -0.39 is 27.4 Å². The van der Waals surface area contributed by atoms with Gasteiger partial charge in [-0.05, 0) is 45.2 Å². The van der Waals surface area contributed by atoms with E-state index in [1.807, 2.05) is 0 Å². The van der Waals surface area contributed by atoms with E-state index in [0.717, 1.165) is 31.9 Å². The predicted molar refractivity (Wildman–Crippen MR) is 87.8 cm³/mol. The minimum absolute atomic E-state index is 0.147. The maximum Gasteiger partial charge on any atom is 0.417 e. The molecule has 138 valence electrons. The Kier molecular flexibility index (Phi) is 4.65. The lowest BCUT2D eigenvalue weighted by molar-refractivity contribution is -0.137. The van der Waals surface area contributed by atoms with Crippen molar-refractivity contribution in [3.05, 3.63) is 29.1 Å². The zero-order valence-corrected chi connectivity index (χ0v) is 14.7. The zero-order chi connectivity index (χ0) is 18.3. The molecule has 0 bridgehead atoms. The van der Waals surface area contributed by atoms with Gasteiger partial charge in [0.2, 0.25) is 0 Å². The van der Waals surface area contributed by atoms with Gasteiger partial charge in [0.05, 0.1) is 32.3 Å². The number of pyridine rings is 1. The second kappa shape index (κ2) is 6.35. The highest BCUT2D eigenvalue weighted by Crippen LogP contribution is 2.33. The first kappa shape index (κ1) is 18.3. The molecule has 5 nitrogen and oxygen atoms in total. The predicted octanol–water partition coefficient (Wildman–Crippen LogP) is 2.93. The van der Waals surface area contributed by atoms with Gasteiger partial charge in [0, 0.05) is 17.5 Å². The number of carbonyl (C=O) groups excluding carboxylic acids is 1. The lowest BCUT2D eigenvalue weighted by atomic mass is 9.94. The first-order chi connectivity index (χ1) is 11.6. The van der Waals surface area contributed by atoms with Crippen LogP contribution in [-0.4, -0.2) is 38.7 Å². The first-order valence-corrected chi connectivity index (χ1v) is 10.0. The minimum atomic E-state index is -4.60. The number of hydrogen-bond acceptors (Lipinski definition) is 4. The van der Waals surface area contributed by atoms with Crippen LogP contribution in [0.1, 0.15) is 47.3 Å². The molecule has 2 fully saturated rings. The zero-order valence-electron chi connectivity index (χ0n) is 13.9. The van der Waals surface area contributed by atoms with Crippen molar-refractivity contribution in [2.45, 2.75) is 44.3 Å². The topological polar surface area (TPSA) is 71.4 Å². The fourth-order valence-corrected chi connectivity index (χ4v) is 6.15. The first-order valence-electron chi connectivity index (χ1n) is 8.18. The lowest BCUT2D eigenvalue weighted by Gasteiger charge is -2.35. The molecule has 25 heavy (non-hydrogen) atoms. The Balaban J connectivity index is 1.93. The smallest absolute Gasteiger partial charge is 0.310 e. The molecule has 0 radical (unpaired) electrons. The molecule has 1 spiro atoms. The summed E-state index contributed by atoms with van der Waals surface area (Å²) in [6, 6.07) is 0.739. The summed E-state index contributed by atoms with van der Waals surface area (Å²) in [5.74, 6) is -0.304. The number of aryl methyl sites for hydroxylation is 1. The molecule has 2 aliphatic rings. The van der Waals surface area contributed by atoms with E-state index in [1.54, 1.807) is 0 Å². The Labute approximate surface area is 144 Å². The summed E-state index contributed by atoms with van der Waals surface area (Å²) in [5.41, 5.74) is -1.35. The SMILES string of the molecule is Cc1ncc(C(F)(F)F)cc1C(=O)N=S1(=O)CCCC2(CCCN2)C1. The Hall–Kier alpha value is -1.48. The number of nitrogens with one attached hydrogen (secondary N) is 1. The number of hydrogen-bond donors (Lipinski definition) is 1. The van der Waals surface area contributed by atoms with Crippen LogP contribution < -0.4 is 5.32 Å². The van der Waals surface area contributed by atoms with Crippen molar-refractivity contribution in [3.63, 3.8) is 0 Å². The van der Waals surface area contributed by atoms with Crippen molar-refractivity contribution < 1.29 is 22.2 Å². The molecule has 1 aromatic heterocycles. The number of amides is 1. The monoisotopic (exact) mass is 375 g/mol. The lowest BCUT2D eigenvalue weighted by Crippen LogP contribution is -2.49. The summed E-state index contributed by atoms with van der Waals surface area (Å²) in [4.78, 5) is 16.1. The molecular formula is C16H20F3N3O2S. The highest BCUT2D eigenvalue weighted by Gasteiger charge is 2.40. The largest absolute Gasteiger partial charge is 0.417 e. The Morgan fingerprint density at radius 2 is 2.08 bits per heavy atom. The summed E-state index contributed by atoms with van der Waals surface area (Å²) in [7, 11) is -2.79. The quantitative estimate of drug-likeness (QED) is 0.819. The fraction of sp³-hybridized carbons (Fsp3) is 0.625. The van der Waals surface area contributed by atoms with Crippen molar-refractivity contribution in [1.82, 2.24) is 10.3 Å². The number of aromatic nitrogens is 1. The van der Waals surface area contributed by atoms with Crippen molar-refractivity contribution in [1.29, 1.82) is 0 Å². The van der Waals surface area contributed by atoms with Crippen LogP contribution >= 0.6 is 0 Å². The van der Waals surface area contributed by atoms with E-state index in [0.29, 0.717) is 18.4 Å². The molecule has 3 rings (SSSR count). The van der Waals surface area contributed by atoms with E-state index in [9.17, 15) is 22.2 Å². The minimum Gasteiger partial charge on any atom is -0.310 e. The van der Waals surface area contributed by atoms with Crippen LogP contribution in [0.5, 0.6) is 0 Å². The Morgan fingerprint density at radius 1 is 1.36 bits per heavy atom. The molecule has 0 aliphatic carbocycles. The number of rotatable bonds is 1. The highest BCUT2D eigenvalue weighted by atomic mass is 32.2. The molecule has 1 aromatic rings. The van der Waals surface area contributed by atoms with Gasteiger partial charge in [0.25, 0.3) is 5.91 Å². The van der Waals surface area contributed by atoms with Gasteiger partial charge in [-0.15, -0.1) is 0 Å². The molecule has 1 N–H and O–H groups in total. The molecule has 2 saturated heterocycles. The Morgan fingerprint density at radius 3 is 2.72 bits per heavy atom. The van der Waals surface area contributed by atoms with Gasteiger partial charge < -0.3 is 5.32 Å². The van der Waals surface area contributed by atoms with Crippen LogP contribution in [0, 0.1) is 6.92 Å². The van der Waals surface area contributed by atoms with Crippen molar-refractivity contribution in [2.75, 3.05) is 18.1 Å². The third-order valence-electron chi connectivity index (χ3n) is 4.85. The van der Waals surface area contributed by atoms with E-state index in [4.69, 9.17) is 0 Å². The molecule has 2 unspecified atom stereocenters. The summed E-state index contributed by atoms with van der Waals surface area (Å²) < 4.78 is 55.5. The van der Waals surface area contributed by atoms with Gasteiger partial charge in [-0.3, -0.25) is 9.78 Å². The van der Waals surface area contributed by atoms with Gasteiger partial charge in [0.15, 0.2) is 0 Å². The average Bonchev–Trinajstić information content (AvgIpc) is 2.93. The van der Waals surface area contributed by atoms with Crippen molar-refractivity contribution >= 4 is 15.6 Å². The number of carbonyl (C=O) groups is 1. The van der Waals surface area contributed by atoms with Crippen LogP contribution in [0.2, 0.25) is 0 Å². The second-order valence-corrected chi connectivity index (χ2v) is 9.21. The van der Waals surface area contributed by atoms with Crippen LogP contribution in [0.15, 0.2) is 16.6 Å². The van der Waals surface area contributed by atoms with Crippen LogP contribution in [0.4, 0.5) is 13.2 Å². The third-order valence-corrected chi connectivity index (χ3v) is 7.28. The summed E-state index contributed by atoms with van der Waals surface area (Å²) in [6.45, 7) is 2.29. The van der Waals surface area contributed by atoms with Crippen molar-refractivity contribution in [2.24, 2.45) is 4.36 Å². The van der Waals surface area contributed by atoms with Gasteiger partial charge in [0.1, 0.15) is 0 Å². The van der Waals surface area contributed by atoms with Gasteiger partial charge in [-0.25, -0.2) is 4.21 Å². The molecular weight excluding hydrogens is 355 g/mol. The molecule has 2 aliphatic heterocycles. The average molecular weight is 375 g/mol. The summed E-state index contributed by atoms with van der Waals surface area (Å²) >= 11 is 0. The molecule has 0 saturated carbocycles. The summed E-state index contributed by atoms with van der Waals surface area (Å²) in [5, 5.41) is 3.37. The number of halogens is 3. The second-order valence-electron chi connectivity index (χ2n) is 6.79. The fourth-order valence-electron chi connectivity index (χ4n) is 3.60.